The first-order chi connectivity index (χ1) is 20.3. The number of carbonyl (C=O) groups excluding carboxylic acids is 1. The second kappa shape index (κ2) is 13.2. The van der Waals surface area contributed by atoms with E-state index in [1.807, 2.05) is 22.6 Å². The van der Waals surface area contributed by atoms with E-state index in [-0.39, 0.29) is 39.9 Å². The van der Waals surface area contributed by atoms with Crippen LogP contribution in [0.25, 0.3) is 16.6 Å². The molecule has 2 aromatic heterocycles. The van der Waals surface area contributed by atoms with Gasteiger partial charge in [0, 0.05) is 41.4 Å². The van der Waals surface area contributed by atoms with E-state index in [9.17, 15) is 23.6 Å². The summed E-state index contributed by atoms with van der Waals surface area (Å²) in [6.45, 7) is 7.44. The largest absolute Gasteiger partial charge is 0.396 e. The molecule has 5 rings (SSSR count). The molecule has 0 unspecified atom stereocenters. The minimum atomic E-state index is -0.581. The number of aromatic nitrogens is 3. The van der Waals surface area contributed by atoms with Crippen molar-refractivity contribution in [2.75, 3.05) is 17.2 Å². The molecule has 0 saturated heterocycles. The van der Waals surface area contributed by atoms with Crippen molar-refractivity contribution in [1.82, 2.24) is 13.7 Å². The number of fused-ring (bicyclic) bond motifs is 1. The summed E-state index contributed by atoms with van der Waals surface area (Å²) >= 11 is 1.99. The van der Waals surface area contributed by atoms with Crippen molar-refractivity contribution >= 4 is 56.6 Å². The number of nitrogens with one attached hydrogen (secondary N) is 2. The van der Waals surface area contributed by atoms with Gasteiger partial charge >= 0.3 is 5.69 Å². The summed E-state index contributed by atoms with van der Waals surface area (Å²) in [6.07, 6.45) is 2.28. The molecule has 3 N–H and O–H groups in total. The average Bonchev–Trinajstić information content (AvgIpc) is 3.76. The highest BCUT2D eigenvalue weighted by Crippen LogP contribution is 2.34. The second-order valence-electron chi connectivity index (χ2n) is 11.0. The Labute approximate surface area is 261 Å². The van der Waals surface area contributed by atoms with Gasteiger partial charge in [-0.3, -0.25) is 28.1 Å². The number of carbonyl (C=O) groups is 1. The molecule has 0 bridgehead atoms. The Bertz CT molecular complexity index is 1870. The van der Waals surface area contributed by atoms with Crippen LogP contribution in [-0.4, -0.2) is 31.3 Å². The molecule has 0 atom stereocenters. The summed E-state index contributed by atoms with van der Waals surface area (Å²) in [5.41, 5.74) is -0.351. The smallest absolute Gasteiger partial charge is 0.336 e. The van der Waals surface area contributed by atoms with E-state index in [0.29, 0.717) is 40.3 Å². The van der Waals surface area contributed by atoms with E-state index in [2.05, 4.69) is 24.5 Å². The number of aliphatic hydroxyl groups excluding tert-OH is 1. The zero-order valence-corrected chi connectivity index (χ0v) is 26.9. The fourth-order valence-electron chi connectivity index (χ4n) is 4.76. The van der Waals surface area contributed by atoms with E-state index >= 15 is 0 Å². The Balaban J connectivity index is 0.000000641. The first kappa shape index (κ1) is 32.1. The van der Waals surface area contributed by atoms with Crippen molar-refractivity contribution in [2.45, 2.75) is 53.0 Å². The summed E-state index contributed by atoms with van der Waals surface area (Å²) < 4.78 is 19.3. The Morgan fingerprint density at radius 2 is 1.81 bits per heavy atom. The van der Waals surface area contributed by atoms with Gasteiger partial charge in [0.1, 0.15) is 17.0 Å². The van der Waals surface area contributed by atoms with E-state index in [1.54, 1.807) is 37.3 Å². The van der Waals surface area contributed by atoms with Crippen LogP contribution < -0.4 is 27.4 Å². The molecule has 0 radical (unpaired) electrons. The van der Waals surface area contributed by atoms with Gasteiger partial charge in [-0.1, -0.05) is 19.9 Å². The molecule has 1 saturated carbocycles. The summed E-state index contributed by atoms with van der Waals surface area (Å²) in [6, 6.07) is 10.9. The first-order valence-electron chi connectivity index (χ1n) is 14.0. The van der Waals surface area contributed by atoms with Gasteiger partial charge in [-0.05, 0) is 91.1 Å². The van der Waals surface area contributed by atoms with Gasteiger partial charge in [0.2, 0.25) is 5.91 Å². The third-order valence-corrected chi connectivity index (χ3v) is 7.74. The Morgan fingerprint density at radius 3 is 2.37 bits per heavy atom. The molecule has 2 aromatic carbocycles. The number of hydrogen-bond donors (Lipinski definition) is 3. The zero-order valence-electron chi connectivity index (χ0n) is 24.7. The Morgan fingerprint density at radius 1 is 1.12 bits per heavy atom. The first-order valence-corrected chi connectivity index (χ1v) is 15.0. The molecule has 1 aliphatic rings. The van der Waals surface area contributed by atoms with Crippen molar-refractivity contribution in [3.8, 4) is 5.69 Å². The van der Waals surface area contributed by atoms with E-state index < -0.39 is 22.6 Å². The molecule has 12 heteroatoms. The topological polar surface area (TPSA) is 127 Å². The minimum absolute atomic E-state index is 0.0804. The van der Waals surface area contributed by atoms with Crippen LogP contribution in [0.3, 0.4) is 0 Å². The number of pyridine rings is 1. The number of aryl methyl sites for hydroxylation is 1. The number of hydrogen-bond acceptors (Lipinski definition) is 6. The molecule has 43 heavy (non-hydrogen) atoms. The molecule has 1 amide bonds. The number of halogens is 2. The molecule has 0 spiro atoms. The van der Waals surface area contributed by atoms with Crippen LogP contribution >= 0.6 is 22.6 Å². The van der Waals surface area contributed by atoms with Crippen LogP contribution in [0, 0.1) is 22.2 Å². The summed E-state index contributed by atoms with van der Waals surface area (Å²) in [4.78, 5) is 52.6. The number of nitrogens with zero attached hydrogens (tertiary/aromatic N) is 3. The molecule has 0 aliphatic heterocycles. The highest BCUT2D eigenvalue weighted by Gasteiger charge is 2.31. The highest BCUT2D eigenvalue weighted by molar-refractivity contribution is 14.1. The van der Waals surface area contributed by atoms with Crippen LogP contribution in [0.5, 0.6) is 0 Å². The molecule has 10 nitrogen and oxygen atoms in total. The number of benzene rings is 2. The fraction of sp³-hybridized carbons (Fsp3) is 0.355. The van der Waals surface area contributed by atoms with Gasteiger partial charge in [0.15, 0.2) is 0 Å². The minimum Gasteiger partial charge on any atom is -0.396 e. The SMILES string of the molecule is CC(=O)Nc1cccc(-n2c(=O)n(C3CC3)c(=O)c3c(Nc4ccc(I)cc4F)n(C)c(=O)c(C)c32)c1.CC(C)CCO. The van der Waals surface area contributed by atoms with Crippen LogP contribution in [0.2, 0.25) is 0 Å². The molecule has 1 aliphatic carbocycles. The number of aliphatic hydroxyl groups is 1. The van der Waals surface area contributed by atoms with Crippen LogP contribution in [-0.2, 0) is 11.8 Å². The molecular formula is C31H35FIN5O5. The van der Waals surface area contributed by atoms with Crippen molar-refractivity contribution in [3.63, 3.8) is 0 Å². The fourth-order valence-corrected chi connectivity index (χ4v) is 5.21. The lowest BCUT2D eigenvalue weighted by Gasteiger charge is -2.21. The summed E-state index contributed by atoms with van der Waals surface area (Å²) in [5.74, 6) is -0.104. The highest BCUT2D eigenvalue weighted by atomic mass is 127. The number of anilines is 3. The molecule has 4 aromatic rings. The Hall–Kier alpha value is -3.78. The molecule has 2 heterocycles. The molecular weight excluding hydrogens is 668 g/mol. The lowest BCUT2D eigenvalue weighted by atomic mass is 10.1. The average molecular weight is 704 g/mol. The van der Waals surface area contributed by atoms with Gasteiger partial charge in [0.05, 0.1) is 16.9 Å². The quantitative estimate of drug-likeness (QED) is 0.234. The maximum absolute atomic E-state index is 14.8. The molecule has 1 fully saturated rings. The van der Waals surface area contributed by atoms with Crippen LogP contribution in [0.1, 0.15) is 51.6 Å². The summed E-state index contributed by atoms with van der Waals surface area (Å²) in [5, 5.41) is 14.0. The van der Waals surface area contributed by atoms with Gasteiger partial charge in [-0.25, -0.2) is 9.18 Å². The van der Waals surface area contributed by atoms with Crippen molar-refractivity contribution in [3.05, 3.63) is 88.6 Å². The van der Waals surface area contributed by atoms with Gasteiger partial charge in [0.25, 0.3) is 11.1 Å². The zero-order chi connectivity index (χ0) is 31.6. The third kappa shape index (κ3) is 6.90. The van der Waals surface area contributed by atoms with Gasteiger partial charge < -0.3 is 15.7 Å². The number of amides is 1. The van der Waals surface area contributed by atoms with Crippen molar-refractivity contribution in [1.29, 1.82) is 0 Å². The second-order valence-corrected chi connectivity index (χ2v) is 12.2. The van der Waals surface area contributed by atoms with Gasteiger partial charge in [-0.2, -0.15) is 0 Å². The maximum atomic E-state index is 14.8. The monoisotopic (exact) mass is 703 g/mol. The number of rotatable bonds is 7. The Kier molecular flexibility index (Phi) is 9.90. The molecule has 228 valence electrons. The van der Waals surface area contributed by atoms with Crippen molar-refractivity contribution in [2.24, 2.45) is 13.0 Å². The predicted molar refractivity (Wildman–Crippen MR) is 175 cm³/mol. The lowest BCUT2D eigenvalue weighted by Crippen LogP contribution is -2.41. The van der Waals surface area contributed by atoms with Crippen LogP contribution in [0.15, 0.2) is 56.8 Å². The van der Waals surface area contributed by atoms with Crippen molar-refractivity contribution < 1.29 is 14.3 Å². The van der Waals surface area contributed by atoms with E-state index in [1.165, 1.54) is 39.8 Å². The normalized spacial score (nSPS) is 12.7. The predicted octanol–water partition coefficient (Wildman–Crippen LogP) is 4.96. The van der Waals surface area contributed by atoms with E-state index in [4.69, 9.17) is 5.11 Å². The lowest BCUT2D eigenvalue weighted by molar-refractivity contribution is -0.114. The summed E-state index contributed by atoms with van der Waals surface area (Å²) in [7, 11) is 1.50. The standard InChI is InChI=1S/C26H23FIN5O4.C5H12O/c1-13-22-21(23(31(3)24(13)35)30-20-10-7-15(28)11-19(20)27)25(36)33(17-8-9-17)26(37)32(22)18-6-4-5-16(12-18)29-14(2)34;1-5(2)3-4-6/h4-7,10-12,17,30H,8-9H2,1-3H3,(H,29,34);5-6H,3-4H2,1-2H3. The van der Waals surface area contributed by atoms with Crippen LogP contribution in [0.4, 0.5) is 21.6 Å². The maximum Gasteiger partial charge on any atom is 0.336 e. The van der Waals surface area contributed by atoms with E-state index in [0.717, 1.165) is 6.42 Å². The third-order valence-electron chi connectivity index (χ3n) is 7.07. The van der Waals surface area contributed by atoms with Gasteiger partial charge in [-0.15, -0.1) is 0 Å².